The lowest BCUT2D eigenvalue weighted by molar-refractivity contribution is 0.104. The minimum Gasteiger partial charge on any atom is -0.358 e. The highest BCUT2D eigenvalue weighted by Crippen LogP contribution is 2.39. The number of allylic oxidation sites excluding steroid dienone is 1. The normalized spacial score (nSPS) is 16.6. The molecule has 0 saturated heterocycles. The number of aryl methyl sites for hydroxylation is 1. The SMILES string of the molecule is Cc1ccc(CN2c3ccsc3C(=O)C(=CNc3ccc(F)cc3F)S2(=O)=O)cc1. The van der Waals surface area contributed by atoms with Crippen LogP contribution in [0.4, 0.5) is 20.2 Å². The number of sulfonamides is 1. The minimum absolute atomic E-state index is 0.0435. The maximum Gasteiger partial charge on any atom is 0.270 e. The smallest absolute Gasteiger partial charge is 0.270 e. The summed E-state index contributed by atoms with van der Waals surface area (Å²) in [5.74, 6) is -2.34. The Labute approximate surface area is 176 Å². The molecule has 1 aliphatic rings. The van der Waals surface area contributed by atoms with Crippen molar-refractivity contribution in [1.82, 2.24) is 0 Å². The van der Waals surface area contributed by atoms with E-state index < -0.39 is 32.3 Å². The van der Waals surface area contributed by atoms with Gasteiger partial charge in [0.25, 0.3) is 10.0 Å². The highest BCUT2D eigenvalue weighted by Gasteiger charge is 2.41. The van der Waals surface area contributed by atoms with E-state index in [1.807, 2.05) is 31.2 Å². The van der Waals surface area contributed by atoms with Crippen LogP contribution in [0.3, 0.4) is 0 Å². The fourth-order valence-corrected chi connectivity index (χ4v) is 5.55. The second-order valence-corrected chi connectivity index (χ2v) is 9.49. The van der Waals surface area contributed by atoms with Crippen molar-refractivity contribution < 1.29 is 22.0 Å². The lowest BCUT2D eigenvalue weighted by atomic mass is 10.1. The Bertz CT molecular complexity index is 1270. The molecule has 0 radical (unpaired) electrons. The molecule has 0 bridgehead atoms. The maximum absolute atomic E-state index is 13.9. The molecular formula is C21H16F2N2O3S2. The average molecular weight is 447 g/mol. The van der Waals surface area contributed by atoms with Crippen molar-refractivity contribution in [1.29, 1.82) is 0 Å². The summed E-state index contributed by atoms with van der Waals surface area (Å²) in [5, 5.41) is 4.13. The number of halogens is 2. The Morgan fingerprint density at radius 2 is 1.83 bits per heavy atom. The number of nitrogens with one attached hydrogen (secondary N) is 1. The Kier molecular flexibility index (Phi) is 5.17. The first kappa shape index (κ1) is 20.2. The summed E-state index contributed by atoms with van der Waals surface area (Å²) in [6.45, 7) is 1.97. The van der Waals surface area contributed by atoms with Gasteiger partial charge in [-0.25, -0.2) is 17.2 Å². The van der Waals surface area contributed by atoms with Crippen molar-refractivity contribution in [2.75, 3.05) is 9.62 Å². The van der Waals surface area contributed by atoms with Crippen LogP contribution >= 0.6 is 11.3 Å². The van der Waals surface area contributed by atoms with E-state index in [1.165, 1.54) is 4.31 Å². The van der Waals surface area contributed by atoms with E-state index in [-0.39, 0.29) is 17.1 Å². The van der Waals surface area contributed by atoms with Crippen LogP contribution in [-0.4, -0.2) is 14.2 Å². The monoisotopic (exact) mass is 446 g/mol. The van der Waals surface area contributed by atoms with Gasteiger partial charge in [-0.3, -0.25) is 9.10 Å². The number of fused-ring (bicyclic) bond motifs is 1. The lowest BCUT2D eigenvalue weighted by Gasteiger charge is -2.29. The van der Waals surface area contributed by atoms with Gasteiger partial charge in [-0.05, 0) is 36.1 Å². The predicted octanol–water partition coefficient (Wildman–Crippen LogP) is 4.82. The van der Waals surface area contributed by atoms with Gasteiger partial charge in [0.1, 0.15) is 16.5 Å². The molecule has 0 aliphatic carbocycles. The number of thiophene rings is 1. The minimum atomic E-state index is -4.20. The Balaban J connectivity index is 1.74. The molecule has 0 amide bonds. The topological polar surface area (TPSA) is 66.5 Å². The molecule has 5 nitrogen and oxygen atoms in total. The Morgan fingerprint density at radius 3 is 2.53 bits per heavy atom. The van der Waals surface area contributed by atoms with Crippen molar-refractivity contribution in [2.45, 2.75) is 13.5 Å². The molecule has 1 aliphatic heterocycles. The van der Waals surface area contributed by atoms with Gasteiger partial charge in [-0.15, -0.1) is 11.3 Å². The molecule has 0 fully saturated rings. The number of carbonyl (C=O) groups is 1. The van der Waals surface area contributed by atoms with Crippen LogP contribution in [0.1, 0.15) is 20.8 Å². The molecule has 0 saturated carbocycles. The molecule has 30 heavy (non-hydrogen) atoms. The van der Waals surface area contributed by atoms with Crippen LogP contribution in [0.2, 0.25) is 0 Å². The fraction of sp³-hybridized carbons (Fsp3) is 0.0952. The van der Waals surface area contributed by atoms with Crippen LogP contribution in [0, 0.1) is 18.6 Å². The van der Waals surface area contributed by atoms with E-state index in [0.717, 1.165) is 40.8 Å². The number of rotatable bonds is 4. The lowest BCUT2D eigenvalue weighted by Crippen LogP contribution is -2.38. The van der Waals surface area contributed by atoms with Crippen molar-refractivity contribution >= 4 is 38.5 Å². The first-order valence-electron chi connectivity index (χ1n) is 8.89. The number of nitrogens with zero attached hydrogens (tertiary/aromatic N) is 1. The van der Waals surface area contributed by atoms with Gasteiger partial charge in [0.05, 0.1) is 17.9 Å². The van der Waals surface area contributed by atoms with Crippen molar-refractivity contribution in [3.8, 4) is 0 Å². The van der Waals surface area contributed by atoms with Gasteiger partial charge in [-0.2, -0.15) is 0 Å². The molecule has 1 aromatic heterocycles. The summed E-state index contributed by atoms with van der Waals surface area (Å²) in [6, 6.07) is 11.8. The zero-order valence-corrected chi connectivity index (χ0v) is 17.4. The quantitative estimate of drug-likeness (QED) is 0.584. The predicted molar refractivity (Wildman–Crippen MR) is 113 cm³/mol. The molecule has 0 atom stereocenters. The Morgan fingerprint density at radius 1 is 1.10 bits per heavy atom. The third kappa shape index (κ3) is 3.61. The first-order chi connectivity index (χ1) is 14.3. The highest BCUT2D eigenvalue weighted by molar-refractivity contribution is 7.97. The highest BCUT2D eigenvalue weighted by atomic mass is 32.2. The van der Waals surface area contributed by atoms with E-state index in [9.17, 15) is 22.0 Å². The van der Waals surface area contributed by atoms with Gasteiger partial charge < -0.3 is 5.32 Å². The molecule has 0 unspecified atom stereocenters. The number of anilines is 2. The molecular weight excluding hydrogens is 430 g/mol. The van der Waals surface area contributed by atoms with E-state index >= 15 is 0 Å². The average Bonchev–Trinajstić information content (AvgIpc) is 3.17. The summed E-state index contributed by atoms with van der Waals surface area (Å²) < 4.78 is 54.7. The summed E-state index contributed by atoms with van der Waals surface area (Å²) in [7, 11) is -4.20. The van der Waals surface area contributed by atoms with E-state index in [0.29, 0.717) is 11.8 Å². The van der Waals surface area contributed by atoms with Crippen LogP contribution < -0.4 is 9.62 Å². The summed E-state index contributed by atoms with van der Waals surface area (Å²) in [5.41, 5.74) is 1.97. The third-order valence-electron chi connectivity index (χ3n) is 4.65. The molecule has 3 aromatic rings. The number of benzene rings is 2. The largest absolute Gasteiger partial charge is 0.358 e. The second-order valence-electron chi connectivity index (χ2n) is 6.74. The standard InChI is InChI=1S/C21H16F2N2O3S2/c1-13-2-4-14(5-3-13)12-25-18-8-9-29-21(18)20(26)19(30(25,27)28)11-24-17-7-6-15(22)10-16(17)23/h2-11,24H,12H2,1H3. The van der Waals surface area contributed by atoms with Crippen LogP contribution in [0.5, 0.6) is 0 Å². The van der Waals surface area contributed by atoms with Crippen LogP contribution in [-0.2, 0) is 16.6 Å². The number of hydrogen-bond acceptors (Lipinski definition) is 5. The molecule has 9 heteroatoms. The van der Waals surface area contributed by atoms with Crippen LogP contribution in [0.15, 0.2) is 65.0 Å². The fourth-order valence-electron chi connectivity index (χ4n) is 3.07. The van der Waals surface area contributed by atoms with Gasteiger partial charge in [0.15, 0.2) is 4.91 Å². The molecule has 2 aromatic carbocycles. The number of carbonyl (C=O) groups excluding carboxylic acids is 1. The summed E-state index contributed by atoms with van der Waals surface area (Å²) in [6.07, 6.45) is 0.957. The molecule has 154 valence electrons. The van der Waals surface area contributed by atoms with Crippen molar-refractivity contribution in [2.24, 2.45) is 0 Å². The Hall–Kier alpha value is -3.04. The molecule has 4 rings (SSSR count). The van der Waals surface area contributed by atoms with Crippen LogP contribution in [0.25, 0.3) is 0 Å². The zero-order valence-electron chi connectivity index (χ0n) is 15.7. The molecule has 1 N–H and O–H groups in total. The van der Waals surface area contributed by atoms with Gasteiger partial charge >= 0.3 is 0 Å². The van der Waals surface area contributed by atoms with E-state index in [1.54, 1.807) is 11.4 Å². The number of hydrogen-bond donors (Lipinski definition) is 1. The zero-order chi connectivity index (χ0) is 21.5. The van der Waals surface area contributed by atoms with Crippen molar-refractivity contribution in [3.63, 3.8) is 0 Å². The van der Waals surface area contributed by atoms with Crippen molar-refractivity contribution in [3.05, 3.63) is 92.7 Å². The number of ketones is 1. The van der Waals surface area contributed by atoms with E-state index in [2.05, 4.69) is 5.32 Å². The van der Waals surface area contributed by atoms with E-state index in [4.69, 9.17) is 0 Å². The first-order valence-corrected chi connectivity index (χ1v) is 11.2. The number of Topliss-reactive ketones (excluding diaryl/α,β-unsaturated/α-hetero) is 1. The summed E-state index contributed by atoms with van der Waals surface area (Å²) in [4.78, 5) is 12.6. The third-order valence-corrected chi connectivity index (χ3v) is 7.32. The summed E-state index contributed by atoms with van der Waals surface area (Å²) >= 11 is 1.13. The van der Waals surface area contributed by atoms with Gasteiger partial charge in [0, 0.05) is 12.3 Å². The molecule has 2 heterocycles. The second kappa shape index (κ2) is 7.66. The van der Waals surface area contributed by atoms with Gasteiger partial charge in [0.2, 0.25) is 5.78 Å². The molecule has 0 spiro atoms. The van der Waals surface area contributed by atoms with Gasteiger partial charge in [-0.1, -0.05) is 29.8 Å². The maximum atomic E-state index is 13.9.